The minimum Gasteiger partial charge on any atom is -0.495 e. The molecule has 7 heterocycles. The topological polar surface area (TPSA) is 277 Å². The molecule has 0 radical (unpaired) electrons. The van der Waals surface area contributed by atoms with Gasteiger partial charge in [-0.25, -0.2) is 29.9 Å². The first-order valence-electron chi connectivity index (χ1n) is 30.8. The molecule has 99 heavy (non-hydrogen) atoms. The summed E-state index contributed by atoms with van der Waals surface area (Å²) in [7, 11) is 20.5. The molecule has 5 N–H and O–H groups in total. The Morgan fingerprint density at radius 2 is 0.990 bits per heavy atom. The van der Waals surface area contributed by atoms with Gasteiger partial charge in [0.1, 0.15) is 11.5 Å². The van der Waals surface area contributed by atoms with Gasteiger partial charge in [0.05, 0.1) is 122 Å². The average Bonchev–Trinajstić information content (AvgIpc) is 1.64. The maximum absolute atomic E-state index is 12.2. The number of nitrogens with two attached hydrogens (primary N) is 1. The van der Waals surface area contributed by atoms with Gasteiger partial charge < -0.3 is 60.1 Å². The van der Waals surface area contributed by atoms with E-state index in [4.69, 9.17) is 94.1 Å². The predicted molar refractivity (Wildman–Crippen MR) is 403 cm³/mol. The van der Waals surface area contributed by atoms with Crippen molar-refractivity contribution < 1.29 is 28.4 Å². The van der Waals surface area contributed by atoms with Crippen LogP contribution < -0.4 is 46.4 Å². The number of carbonyl (C=O) groups is 2. The van der Waals surface area contributed by atoms with Crippen LogP contribution in [0.4, 0.5) is 40.1 Å². The third kappa shape index (κ3) is 21.6. The lowest BCUT2D eigenvalue weighted by molar-refractivity contribution is -0.112. The van der Waals surface area contributed by atoms with Crippen molar-refractivity contribution >= 4 is 134 Å². The Morgan fingerprint density at radius 3 is 1.39 bits per heavy atom. The van der Waals surface area contributed by atoms with E-state index in [2.05, 4.69) is 117 Å². The molecule has 0 spiro atoms. The van der Waals surface area contributed by atoms with Gasteiger partial charge in [-0.15, -0.1) is 0 Å². The zero-order valence-electron chi connectivity index (χ0n) is 60.0. The lowest BCUT2D eigenvalue weighted by Gasteiger charge is -2.32. The first-order valence-corrected chi connectivity index (χ1v) is 33.0. The van der Waals surface area contributed by atoms with E-state index in [0.717, 1.165) is 88.3 Å². The largest absolute Gasteiger partial charge is 0.498 e. The number of likely N-dealkylation sites (N-methyl/N-ethyl adjacent to an activating group) is 4. The van der Waals surface area contributed by atoms with Gasteiger partial charge in [-0.2, -0.15) is 15.3 Å². The van der Waals surface area contributed by atoms with Crippen molar-refractivity contribution in [1.82, 2.24) is 69.0 Å². The van der Waals surface area contributed by atoms with Gasteiger partial charge in [0.2, 0.25) is 28.3 Å². The number of carbonyl (C=O) groups excluding carboxylic acids is 2. The second-order valence-corrected chi connectivity index (χ2v) is 26.5. The summed E-state index contributed by atoms with van der Waals surface area (Å²) >= 11 is 34.6. The summed E-state index contributed by atoms with van der Waals surface area (Å²) in [6.07, 6.45) is 6.85. The third-order valence-electron chi connectivity index (χ3n) is 16.1. The molecule has 534 valence electrons. The molecule has 0 saturated carbocycles. The molecule has 0 aliphatic carbocycles. The summed E-state index contributed by atoms with van der Waals surface area (Å²) < 4.78 is 28.5. The number of nitrogen functional groups attached to an aromatic ring is 1. The van der Waals surface area contributed by atoms with Crippen LogP contribution >= 0.6 is 69.6 Å². The van der Waals surface area contributed by atoms with Crippen LogP contribution in [0.25, 0.3) is 22.5 Å². The van der Waals surface area contributed by atoms with Crippen molar-refractivity contribution in [1.29, 1.82) is 0 Å². The molecule has 1 fully saturated rings. The van der Waals surface area contributed by atoms with Crippen molar-refractivity contribution in [3.63, 3.8) is 0 Å². The normalized spacial score (nSPS) is 12.6. The van der Waals surface area contributed by atoms with Gasteiger partial charge in [0, 0.05) is 107 Å². The molecule has 0 atom stereocenters. The smallest absolute Gasteiger partial charge is 0.495 e. The van der Waals surface area contributed by atoms with Gasteiger partial charge in [-0.05, 0) is 145 Å². The Morgan fingerprint density at radius 1 is 0.576 bits per heavy atom. The quantitative estimate of drug-likeness (QED) is 0.0192. The number of benzene rings is 2. The van der Waals surface area contributed by atoms with Crippen molar-refractivity contribution in [2.24, 2.45) is 21.1 Å². The lowest BCUT2D eigenvalue weighted by Crippen LogP contribution is -2.41. The van der Waals surface area contributed by atoms with Crippen molar-refractivity contribution in [2.45, 2.75) is 80.4 Å². The first-order chi connectivity index (χ1) is 46.3. The maximum atomic E-state index is 12.2. The molecule has 8 aromatic rings. The third-order valence-corrected chi connectivity index (χ3v) is 17.6. The van der Waals surface area contributed by atoms with Gasteiger partial charge in [-0.1, -0.05) is 59.6 Å². The van der Waals surface area contributed by atoms with Gasteiger partial charge in [0.25, 0.3) is 0 Å². The molecular weight excluding hydrogens is 1390 g/mol. The highest BCUT2D eigenvalue weighted by Crippen LogP contribution is 2.41. The monoisotopic (exact) mass is 1480 g/mol. The summed E-state index contributed by atoms with van der Waals surface area (Å²) in [5.74, 6) is 0.873. The number of rotatable bonds is 19. The number of aryl methyl sites for hydroxylation is 6. The number of hydrogen-bond donors (Lipinski definition) is 4. The highest BCUT2D eigenvalue weighted by Gasteiger charge is 2.53. The van der Waals surface area contributed by atoms with E-state index in [1.807, 2.05) is 127 Å². The molecule has 0 unspecified atom stereocenters. The Bertz CT molecular complexity index is 4150. The summed E-state index contributed by atoms with van der Waals surface area (Å²) in [4.78, 5) is 56.2. The number of ether oxygens (including phenoxy) is 2. The summed E-state index contributed by atoms with van der Waals surface area (Å²) in [6.45, 7) is 30.3. The second kappa shape index (κ2) is 36.0. The summed E-state index contributed by atoms with van der Waals surface area (Å²) in [5.41, 5.74) is 19.0. The zero-order valence-corrected chi connectivity index (χ0v) is 64.5. The Hall–Kier alpha value is -7.83. The first kappa shape index (κ1) is 81.8. The van der Waals surface area contributed by atoms with E-state index < -0.39 is 0 Å². The molecule has 2 amide bonds. The van der Waals surface area contributed by atoms with Gasteiger partial charge in [-0.3, -0.25) is 23.6 Å². The molecule has 6 aromatic heterocycles. The minimum absolute atomic E-state index is 0.101. The Labute approximate surface area is 610 Å². The fraction of sp³-hybridized carbons (Fsp3) is 0.409. The summed E-state index contributed by atoms with van der Waals surface area (Å²) in [5, 5.41) is 23.7. The number of amides is 2. The Balaban J connectivity index is 0.000000240. The van der Waals surface area contributed by atoms with E-state index in [1.165, 1.54) is 24.5 Å². The van der Waals surface area contributed by atoms with Crippen LogP contribution in [0.1, 0.15) is 61.9 Å². The molecule has 0 bridgehead atoms. The standard InChI is InChI=1S/C25H33ClN8O2.C15H24N4O2.C12H21BN2O2.C10H10Cl2N4.C4HCl3N2/c1-9-22(35)28-18-12-19(21(36-8)13-20(18)33(6)11-10-32(4)5)29-25-27-14-17(26)24(30-25)23-15(2)31-34(7)16(23)3;1-6-15(20)17-12-9-11(16)14(21-5)10-13(12)19(4)8-7-18(2)3;1-8-10(9(2)15(7)14-8)13-16-11(3,4)12(5,6)17-13;1-5-8(6(2)16(3)15-5)9-7(11)4-13-10(12)14-9;5-2-1-8-4(7)9-3(2)6/h9,12-14H,1,10-11H2,2-8H3,(H,28,35)(H,27,29,30);6,9-10H,1,7-8,16H2,2-5H3,(H,17,20);1-7H3;4H,1-3H3;1H. The van der Waals surface area contributed by atoms with Crippen LogP contribution in [0.2, 0.25) is 30.8 Å². The minimum atomic E-state index is -0.319. The summed E-state index contributed by atoms with van der Waals surface area (Å²) in [6, 6.07) is 7.17. The van der Waals surface area contributed by atoms with E-state index >= 15 is 0 Å². The van der Waals surface area contributed by atoms with Crippen molar-refractivity contribution in [3.05, 3.63) is 133 Å². The van der Waals surface area contributed by atoms with E-state index in [1.54, 1.807) is 41.9 Å². The number of halogens is 6. The molecule has 9 rings (SSSR count). The number of hydrogen-bond acceptors (Lipinski definition) is 21. The van der Waals surface area contributed by atoms with Crippen LogP contribution in [0.5, 0.6) is 11.5 Å². The SMILES string of the molecule is C=CC(=O)Nc1cc(N)c(OC)cc1N(C)CCN(C)C.C=CC(=O)Nc1cc(Nc2ncc(Cl)c(-c3c(C)nn(C)c3C)n2)c(OC)cc1N(C)CCN(C)C.Cc1nn(C)c(C)c1-c1nc(Cl)ncc1Cl.Cc1nn(C)c(C)c1B1OC(C)(C)C(C)(C)O1.Clc1ncc(Cl)c(Cl)n1. The molecule has 1 aliphatic rings. The predicted octanol–water partition coefficient (Wildman–Crippen LogP) is 12.0. The molecule has 2 aromatic carbocycles. The van der Waals surface area contributed by atoms with Crippen LogP contribution in [-0.4, -0.2) is 182 Å². The fourth-order valence-corrected chi connectivity index (χ4v) is 10.5. The molecule has 1 saturated heterocycles. The second-order valence-electron chi connectivity index (χ2n) is 24.3. The maximum Gasteiger partial charge on any atom is 0.498 e. The number of anilines is 7. The van der Waals surface area contributed by atoms with Gasteiger partial charge >= 0.3 is 7.12 Å². The van der Waals surface area contributed by atoms with Crippen molar-refractivity contribution in [3.8, 4) is 34.0 Å². The molecular formula is C66H89BCl6N20O6. The van der Waals surface area contributed by atoms with Crippen LogP contribution in [-0.2, 0) is 40.0 Å². The van der Waals surface area contributed by atoms with Gasteiger partial charge in [0.15, 0.2) is 5.15 Å². The molecule has 26 nitrogen and oxygen atoms in total. The van der Waals surface area contributed by atoms with E-state index in [-0.39, 0.29) is 45.9 Å². The number of methoxy groups -OCH3 is 2. The molecule has 33 heteroatoms. The number of nitrogens with one attached hydrogen (secondary N) is 3. The molecule has 1 aliphatic heterocycles. The number of nitrogens with zero attached hydrogens (tertiary/aromatic N) is 16. The van der Waals surface area contributed by atoms with Crippen LogP contribution in [0.3, 0.4) is 0 Å². The number of aromatic nitrogens is 12. The van der Waals surface area contributed by atoms with E-state index in [0.29, 0.717) is 66.7 Å². The van der Waals surface area contributed by atoms with E-state index in [9.17, 15) is 9.59 Å². The lowest BCUT2D eigenvalue weighted by atomic mass is 9.77. The van der Waals surface area contributed by atoms with Crippen LogP contribution in [0, 0.1) is 41.5 Å². The average molecular weight is 1480 g/mol. The van der Waals surface area contributed by atoms with Crippen molar-refractivity contribution in [2.75, 3.05) is 114 Å². The van der Waals surface area contributed by atoms with Crippen LogP contribution in [0.15, 0.2) is 68.2 Å². The highest BCUT2D eigenvalue weighted by molar-refractivity contribution is 6.63. The highest BCUT2D eigenvalue weighted by atomic mass is 35.5. The Kier molecular flexibility index (Phi) is 29.7. The fourth-order valence-electron chi connectivity index (χ4n) is 9.63. The zero-order chi connectivity index (χ0) is 74.3.